The third-order valence-electron chi connectivity index (χ3n) is 7.37. The van der Waals surface area contributed by atoms with Crippen molar-refractivity contribution < 1.29 is 27.1 Å². The van der Waals surface area contributed by atoms with E-state index in [1.807, 2.05) is 30.3 Å². The molecule has 0 saturated heterocycles. The molecule has 3 aromatic carbocycles. The Morgan fingerprint density at radius 1 is 0.925 bits per heavy atom. The summed E-state index contributed by atoms with van der Waals surface area (Å²) in [4.78, 5) is 28.3. The first-order chi connectivity index (χ1) is 19.3. The Morgan fingerprint density at radius 2 is 1.60 bits per heavy atom. The van der Waals surface area contributed by atoms with E-state index in [0.29, 0.717) is 30.8 Å². The summed E-state index contributed by atoms with van der Waals surface area (Å²) < 4.78 is 48.3. The number of halogens is 1. The Balaban J connectivity index is 1.39. The summed E-state index contributed by atoms with van der Waals surface area (Å²) >= 11 is 0. The van der Waals surface area contributed by atoms with Gasteiger partial charge in [0.2, 0.25) is 15.9 Å². The molecule has 1 aliphatic carbocycles. The van der Waals surface area contributed by atoms with Crippen molar-refractivity contribution >= 4 is 27.5 Å². The lowest BCUT2D eigenvalue weighted by Crippen LogP contribution is -2.54. The fourth-order valence-corrected chi connectivity index (χ4v) is 6.88. The van der Waals surface area contributed by atoms with Crippen molar-refractivity contribution in [3.63, 3.8) is 0 Å². The normalized spacial score (nSPS) is 17.6. The van der Waals surface area contributed by atoms with Gasteiger partial charge in [0.05, 0.1) is 23.7 Å². The van der Waals surface area contributed by atoms with E-state index in [4.69, 9.17) is 4.74 Å². The Morgan fingerprint density at radius 3 is 2.33 bits per heavy atom. The lowest BCUT2D eigenvalue weighted by molar-refractivity contribution is -0.128. The molecule has 3 aromatic rings. The molecular formula is C30H32FN3O5S. The molecule has 1 unspecified atom stereocenters. The van der Waals surface area contributed by atoms with E-state index >= 15 is 0 Å². The van der Waals surface area contributed by atoms with Crippen LogP contribution in [0.4, 0.5) is 10.1 Å². The fraction of sp³-hybridized carbons (Fsp3) is 0.333. The third-order valence-corrected chi connectivity index (χ3v) is 9.28. The number of nitrogens with one attached hydrogen (secondary N) is 1. The van der Waals surface area contributed by atoms with Gasteiger partial charge in [-0.3, -0.25) is 9.59 Å². The molecule has 1 fully saturated rings. The monoisotopic (exact) mass is 565 g/mol. The van der Waals surface area contributed by atoms with Crippen LogP contribution in [-0.4, -0.2) is 49.8 Å². The standard InChI is InChI=1S/C30H32FN3O5S/c31-23-15-17-25(18-16-23)40(37,38)34(24-11-5-2-6-12-24)21-29(35)33-20-28(39-27-14-8-7-13-26(27)33)30(36)32-19-22-9-3-1-4-10-22/h1,3-4,7-10,13-18,24,28H,2,5-6,11-12,19-21H2,(H,32,36). The summed E-state index contributed by atoms with van der Waals surface area (Å²) in [7, 11) is -4.09. The minimum absolute atomic E-state index is 0.0622. The molecule has 0 spiro atoms. The molecule has 1 aliphatic heterocycles. The molecule has 1 atom stereocenters. The third kappa shape index (κ3) is 6.18. The van der Waals surface area contributed by atoms with Gasteiger partial charge in [0.1, 0.15) is 11.6 Å². The predicted molar refractivity (Wildman–Crippen MR) is 149 cm³/mol. The predicted octanol–water partition coefficient (Wildman–Crippen LogP) is 4.26. The van der Waals surface area contributed by atoms with E-state index < -0.39 is 34.4 Å². The zero-order valence-corrected chi connectivity index (χ0v) is 22.9. The molecule has 40 heavy (non-hydrogen) atoms. The van der Waals surface area contributed by atoms with Gasteiger partial charge >= 0.3 is 0 Å². The molecule has 0 radical (unpaired) electrons. The highest BCUT2D eigenvalue weighted by Crippen LogP contribution is 2.34. The summed E-state index contributed by atoms with van der Waals surface area (Å²) in [6.07, 6.45) is 3.03. The highest BCUT2D eigenvalue weighted by atomic mass is 32.2. The lowest BCUT2D eigenvalue weighted by atomic mass is 9.95. The van der Waals surface area contributed by atoms with Crippen molar-refractivity contribution in [1.82, 2.24) is 9.62 Å². The summed E-state index contributed by atoms with van der Waals surface area (Å²) in [5.74, 6) is -1.01. The van der Waals surface area contributed by atoms with Crippen LogP contribution in [0.5, 0.6) is 5.75 Å². The van der Waals surface area contributed by atoms with E-state index in [9.17, 15) is 22.4 Å². The molecule has 8 nitrogen and oxygen atoms in total. The number of hydrogen-bond donors (Lipinski definition) is 1. The summed E-state index contributed by atoms with van der Waals surface area (Å²) in [6.45, 7) is -0.164. The first-order valence-corrected chi connectivity index (χ1v) is 14.9. The van der Waals surface area contributed by atoms with Gasteiger partial charge in [-0.05, 0) is 54.8 Å². The molecular weight excluding hydrogens is 533 g/mol. The Kier molecular flexibility index (Phi) is 8.46. The number of anilines is 1. The first-order valence-electron chi connectivity index (χ1n) is 13.5. The van der Waals surface area contributed by atoms with Crippen LogP contribution in [0.1, 0.15) is 37.7 Å². The van der Waals surface area contributed by atoms with Crippen LogP contribution in [0.25, 0.3) is 0 Å². The van der Waals surface area contributed by atoms with Crippen molar-refractivity contribution in [3.05, 3.63) is 90.2 Å². The largest absolute Gasteiger partial charge is 0.477 e. The minimum Gasteiger partial charge on any atom is -0.477 e. The van der Waals surface area contributed by atoms with Gasteiger partial charge in [-0.1, -0.05) is 61.7 Å². The maximum absolute atomic E-state index is 13.9. The maximum atomic E-state index is 13.9. The zero-order valence-electron chi connectivity index (χ0n) is 22.0. The number of rotatable bonds is 8. The number of benzene rings is 3. The van der Waals surface area contributed by atoms with Crippen LogP contribution < -0.4 is 15.0 Å². The highest BCUT2D eigenvalue weighted by Gasteiger charge is 2.38. The molecule has 2 aliphatic rings. The number of sulfonamides is 1. The van der Waals surface area contributed by atoms with Crippen LogP contribution in [0.15, 0.2) is 83.8 Å². The quantitative estimate of drug-likeness (QED) is 0.441. The van der Waals surface area contributed by atoms with E-state index in [1.54, 1.807) is 24.3 Å². The minimum atomic E-state index is -4.09. The number of amides is 2. The van der Waals surface area contributed by atoms with Crippen molar-refractivity contribution in [2.75, 3.05) is 18.0 Å². The topological polar surface area (TPSA) is 96.0 Å². The Bertz CT molecular complexity index is 1440. The van der Waals surface area contributed by atoms with Gasteiger partial charge in [0, 0.05) is 12.6 Å². The molecule has 2 amide bonds. The molecule has 210 valence electrons. The number of carbonyl (C=O) groups excluding carboxylic acids is 2. The molecule has 5 rings (SSSR count). The highest BCUT2D eigenvalue weighted by molar-refractivity contribution is 7.89. The van der Waals surface area contributed by atoms with Gasteiger partial charge in [-0.25, -0.2) is 12.8 Å². The van der Waals surface area contributed by atoms with Gasteiger partial charge in [0.25, 0.3) is 5.91 Å². The van der Waals surface area contributed by atoms with Gasteiger partial charge in [-0.15, -0.1) is 0 Å². The maximum Gasteiger partial charge on any atom is 0.263 e. The zero-order chi connectivity index (χ0) is 28.1. The lowest BCUT2D eigenvalue weighted by Gasteiger charge is -2.37. The van der Waals surface area contributed by atoms with Crippen LogP contribution in [0.2, 0.25) is 0 Å². The van der Waals surface area contributed by atoms with Crippen LogP contribution in [0.3, 0.4) is 0 Å². The SMILES string of the molecule is O=C(NCc1ccccc1)C1CN(C(=O)CN(C2CCCCC2)S(=O)(=O)c2ccc(F)cc2)c2ccccc2O1. The van der Waals surface area contributed by atoms with Crippen molar-refractivity contribution in [3.8, 4) is 5.75 Å². The fourth-order valence-electron chi connectivity index (χ4n) is 5.25. The average Bonchev–Trinajstić information content (AvgIpc) is 2.99. The van der Waals surface area contributed by atoms with Crippen molar-refractivity contribution in [2.24, 2.45) is 0 Å². The van der Waals surface area contributed by atoms with E-state index in [-0.39, 0.29) is 23.4 Å². The van der Waals surface area contributed by atoms with Crippen molar-refractivity contribution in [2.45, 2.75) is 55.7 Å². The second kappa shape index (κ2) is 12.2. The molecule has 10 heteroatoms. The average molecular weight is 566 g/mol. The van der Waals surface area contributed by atoms with Crippen LogP contribution >= 0.6 is 0 Å². The van der Waals surface area contributed by atoms with Gasteiger partial charge in [0.15, 0.2) is 6.10 Å². The molecule has 0 aromatic heterocycles. The molecule has 0 bridgehead atoms. The second-order valence-corrected chi connectivity index (χ2v) is 12.0. The van der Waals surface area contributed by atoms with E-state index in [1.165, 1.54) is 21.3 Å². The van der Waals surface area contributed by atoms with Gasteiger partial charge < -0.3 is 15.0 Å². The van der Waals surface area contributed by atoms with Gasteiger partial charge in [-0.2, -0.15) is 4.31 Å². The number of hydrogen-bond acceptors (Lipinski definition) is 5. The Hall–Kier alpha value is -3.76. The number of ether oxygens (including phenoxy) is 1. The van der Waals surface area contributed by atoms with E-state index in [2.05, 4.69) is 5.32 Å². The number of para-hydroxylation sites is 2. The number of nitrogens with zero attached hydrogens (tertiary/aromatic N) is 2. The first kappa shape index (κ1) is 27.8. The number of fused-ring (bicyclic) bond motifs is 1. The van der Waals surface area contributed by atoms with Crippen LogP contribution in [0, 0.1) is 5.82 Å². The number of carbonyl (C=O) groups is 2. The summed E-state index contributed by atoms with van der Waals surface area (Å²) in [5, 5.41) is 2.86. The smallest absolute Gasteiger partial charge is 0.263 e. The van der Waals surface area contributed by atoms with Crippen molar-refractivity contribution in [1.29, 1.82) is 0 Å². The summed E-state index contributed by atoms with van der Waals surface area (Å²) in [6, 6.07) is 20.6. The molecule has 1 saturated carbocycles. The molecule has 1 N–H and O–H groups in total. The van der Waals surface area contributed by atoms with Crippen LogP contribution in [-0.2, 0) is 26.2 Å². The second-order valence-electron chi connectivity index (χ2n) is 10.1. The summed E-state index contributed by atoms with van der Waals surface area (Å²) in [5.41, 5.74) is 1.40. The Labute approximate surface area is 233 Å². The molecule has 1 heterocycles. The van der Waals surface area contributed by atoms with E-state index in [0.717, 1.165) is 37.0 Å².